The lowest BCUT2D eigenvalue weighted by Gasteiger charge is -2.21. The molecule has 0 aliphatic rings. The number of thioether (sulfide) groups is 1. The Morgan fingerprint density at radius 1 is 1.35 bits per heavy atom. The third kappa shape index (κ3) is 5.74. The number of hydrogen-bond donors (Lipinski definition) is 2. The molecule has 102 valence electrons. The third-order valence-corrected chi connectivity index (χ3v) is 5.56. The summed E-state index contributed by atoms with van der Waals surface area (Å²) in [7, 11) is -3.40. The van der Waals surface area contributed by atoms with Gasteiger partial charge >= 0.3 is 0 Å². The maximum atomic E-state index is 11.7. The zero-order chi connectivity index (χ0) is 13.5. The van der Waals surface area contributed by atoms with Crippen LogP contribution in [0, 0.1) is 0 Å². The van der Waals surface area contributed by atoms with Crippen LogP contribution in [-0.2, 0) is 14.6 Å². The van der Waals surface area contributed by atoms with Crippen molar-refractivity contribution in [1.29, 1.82) is 0 Å². The largest absolute Gasteiger partial charge is 0.396 e. The molecule has 0 unspecified atom stereocenters. The van der Waals surface area contributed by atoms with Gasteiger partial charge in [0.25, 0.3) is 0 Å². The summed E-state index contributed by atoms with van der Waals surface area (Å²) >= 11 is 1.61. The van der Waals surface area contributed by atoms with E-state index in [0.29, 0.717) is 12.3 Å². The van der Waals surface area contributed by atoms with Gasteiger partial charge in [-0.05, 0) is 26.0 Å². The fourth-order valence-electron chi connectivity index (χ4n) is 0.887. The molecule has 17 heavy (non-hydrogen) atoms. The number of aliphatic hydroxyl groups is 1. The lowest BCUT2D eigenvalue weighted by atomic mass is 10.2. The van der Waals surface area contributed by atoms with Crippen molar-refractivity contribution in [2.24, 2.45) is 0 Å². The molecule has 0 atom stereocenters. The Kier molecular flexibility index (Phi) is 7.11. The van der Waals surface area contributed by atoms with Gasteiger partial charge in [-0.3, -0.25) is 4.79 Å². The van der Waals surface area contributed by atoms with Crippen LogP contribution >= 0.6 is 11.8 Å². The molecule has 0 fully saturated rings. The highest BCUT2D eigenvalue weighted by molar-refractivity contribution is 7.99. The maximum absolute atomic E-state index is 11.7. The second-order valence-electron chi connectivity index (χ2n) is 4.23. The fraction of sp³-hybridized carbons (Fsp3) is 0.900. The molecule has 0 saturated heterocycles. The Balaban J connectivity index is 3.96. The molecule has 0 rings (SSSR count). The molecule has 5 nitrogen and oxygen atoms in total. The molecule has 0 saturated carbocycles. The van der Waals surface area contributed by atoms with Gasteiger partial charge in [0.05, 0.1) is 0 Å². The molecule has 0 aromatic rings. The van der Waals surface area contributed by atoms with Crippen molar-refractivity contribution in [2.75, 3.05) is 30.9 Å². The van der Waals surface area contributed by atoms with Crippen LogP contribution in [0.25, 0.3) is 0 Å². The first kappa shape index (κ1) is 16.7. The molecule has 1 amide bonds. The van der Waals surface area contributed by atoms with Crippen molar-refractivity contribution in [3.63, 3.8) is 0 Å². The SMILES string of the molecule is CC(C)(C(=O)NCCSCCCO)S(C)(=O)=O. The first-order chi connectivity index (χ1) is 7.73. The lowest BCUT2D eigenvalue weighted by Crippen LogP contribution is -2.48. The van der Waals surface area contributed by atoms with Crippen LogP contribution in [-0.4, -0.2) is 55.1 Å². The Labute approximate surface area is 107 Å². The number of hydrogen-bond acceptors (Lipinski definition) is 5. The van der Waals surface area contributed by atoms with E-state index in [1.54, 1.807) is 11.8 Å². The number of rotatable bonds is 8. The molecule has 0 aromatic heterocycles. The monoisotopic (exact) mass is 283 g/mol. The van der Waals surface area contributed by atoms with Gasteiger partial charge in [0, 0.05) is 25.2 Å². The van der Waals surface area contributed by atoms with Crippen LogP contribution in [0.4, 0.5) is 0 Å². The van der Waals surface area contributed by atoms with Gasteiger partial charge in [-0.15, -0.1) is 0 Å². The van der Waals surface area contributed by atoms with Gasteiger partial charge in [-0.25, -0.2) is 8.42 Å². The average Bonchev–Trinajstić information content (AvgIpc) is 2.21. The maximum Gasteiger partial charge on any atom is 0.240 e. The van der Waals surface area contributed by atoms with E-state index in [4.69, 9.17) is 5.11 Å². The van der Waals surface area contributed by atoms with E-state index in [-0.39, 0.29) is 6.61 Å². The van der Waals surface area contributed by atoms with Crippen molar-refractivity contribution in [2.45, 2.75) is 25.0 Å². The molecule has 0 bridgehead atoms. The summed E-state index contributed by atoms with van der Waals surface area (Å²) in [5.74, 6) is 1.08. The minimum absolute atomic E-state index is 0.167. The minimum atomic E-state index is -3.40. The smallest absolute Gasteiger partial charge is 0.240 e. The lowest BCUT2D eigenvalue weighted by molar-refractivity contribution is -0.122. The van der Waals surface area contributed by atoms with E-state index in [2.05, 4.69) is 5.32 Å². The highest BCUT2D eigenvalue weighted by Gasteiger charge is 2.37. The summed E-state index contributed by atoms with van der Waals surface area (Å²) in [5.41, 5.74) is 0. The van der Waals surface area contributed by atoms with E-state index in [1.165, 1.54) is 13.8 Å². The van der Waals surface area contributed by atoms with Crippen molar-refractivity contribution >= 4 is 27.5 Å². The molecule has 0 aromatic carbocycles. The molecule has 0 radical (unpaired) electrons. The highest BCUT2D eigenvalue weighted by atomic mass is 32.2. The van der Waals surface area contributed by atoms with Gasteiger partial charge in [-0.1, -0.05) is 0 Å². The fourth-order valence-corrected chi connectivity index (χ4v) is 2.08. The summed E-state index contributed by atoms with van der Waals surface area (Å²) in [6, 6.07) is 0. The van der Waals surface area contributed by atoms with Crippen LogP contribution in [0.1, 0.15) is 20.3 Å². The number of sulfone groups is 1. The average molecular weight is 283 g/mol. The Bertz CT molecular complexity index is 338. The summed E-state index contributed by atoms with van der Waals surface area (Å²) in [6.07, 6.45) is 1.79. The Morgan fingerprint density at radius 3 is 2.41 bits per heavy atom. The molecule has 2 N–H and O–H groups in total. The molecule has 0 heterocycles. The van der Waals surface area contributed by atoms with Crippen molar-refractivity contribution in [3.8, 4) is 0 Å². The second kappa shape index (κ2) is 7.23. The molecular formula is C10H21NO4S2. The van der Waals surface area contributed by atoms with E-state index in [0.717, 1.165) is 18.4 Å². The molecular weight excluding hydrogens is 262 g/mol. The summed E-state index contributed by atoms with van der Waals surface area (Å²) < 4.78 is 21.4. The van der Waals surface area contributed by atoms with Gasteiger partial charge in [0.15, 0.2) is 9.84 Å². The van der Waals surface area contributed by atoms with E-state index >= 15 is 0 Å². The number of nitrogens with one attached hydrogen (secondary N) is 1. The number of aliphatic hydroxyl groups excluding tert-OH is 1. The van der Waals surface area contributed by atoms with E-state index in [1.807, 2.05) is 0 Å². The normalized spacial score (nSPS) is 12.5. The van der Waals surface area contributed by atoms with Crippen LogP contribution in [0.3, 0.4) is 0 Å². The first-order valence-corrected chi connectivity index (χ1v) is 8.44. The Morgan fingerprint density at radius 2 is 1.94 bits per heavy atom. The standard InChI is InChI=1S/C10H21NO4S2/c1-10(2,17(3,14)15)9(13)11-5-8-16-7-4-6-12/h12H,4-8H2,1-3H3,(H,11,13). The topological polar surface area (TPSA) is 83.5 Å². The third-order valence-electron chi connectivity index (χ3n) is 2.45. The zero-order valence-electron chi connectivity index (χ0n) is 10.5. The van der Waals surface area contributed by atoms with Crippen LogP contribution in [0.5, 0.6) is 0 Å². The Hall–Kier alpha value is -0.270. The molecule has 0 spiro atoms. The zero-order valence-corrected chi connectivity index (χ0v) is 12.2. The minimum Gasteiger partial charge on any atom is -0.396 e. The molecule has 0 aliphatic heterocycles. The quantitative estimate of drug-likeness (QED) is 0.615. The second-order valence-corrected chi connectivity index (χ2v) is 8.02. The predicted molar refractivity (Wildman–Crippen MR) is 71.0 cm³/mol. The number of carbonyl (C=O) groups excluding carboxylic acids is 1. The van der Waals surface area contributed by atoms with Crippen LogP contribution in [0.15, 0.2) is 0 Å². The van der Waals surface area contributed by atoms with Crippen LogP contribution in [0.2, 0.25) is 0 Å². The van der Waals surface area contributed by atoms with Gasteiger partial charge in [0.1, 0.15) is 4.75 Å². The van der Waals surface area contributed by atoms with Crippen molar-refractivity contribution in [1.82, 2.24) is 5.32 Å². The highest BCUT2D eigenvalue weighted by Crippen LogP contribution is 2.14. The number of carbonyl (C=O) groups is 1. The van der Waals surface area contributed by atoms with Crippen LogP contribution < -0.4 is 5.32 Å². The van der Waals surface area contributed by atoms with Crippen molar-refractivity contribution in [3.05, 3.63) is 0 Å². The summed E-state index contributed by atoms with van der Waals surface area (Å²) in [5, 5.41) is 11.2. The van der Waals surface area contributed by atoms with Gasteiger partial charge < -0.3 is 10.4 Å². The molecule has 7 heteroatoms. The predicted octanol–water partition coefficient (Wildman–Crippen LogP) is 0.0414. The summed E-state index contributed by atoms with van der Waals surface area (Å²) in [6.45, 7) is 3.40. The van der Waals surface area contributed by atoms with Gasteiger partial charge in [-0.2, -0.15) is 11.8 Å². The van der Waals surface area contributed by atoms with Gasteiger partial charge in [0.2, 0.25) is 5.91 Å². The number of amides is 1. The van der Waals surface area contributed by atoms with E-state index < -0.39 is 20.5 Å². The first-order valence-electron chi connectivity index (χ1n) is 5.40. The van der Waals surface area contributed by atoms with Crippen molar-refractivity contribution < 1.29 is 18.3 Å². The summed E-state index contributed by atoms with van der Waals surface area (Å²) in [4.78, 5) is 11.7. The van der Waals surface area contributed by atoms with E-state index in [9.17, 15) is 13.2 Å². The molecule has 0 aliphatic carbocycles.